The zero-order chi connectivity index (χ0) is 17.8. The van der Waals surface area contributed by atoms with Crippen LogP contribution in [-0.2, 0) is 0 Å². The van der Waals surface area contributed by atoms with E-state index in [4.69, 9.17) is 26.8 Å². The fourth-order valence-electron chi connectivity index (χ4n) is 2.03. The van der Waals surface area contributed by atoms with Crippen molar-refractivity contribution in [3.8, 4) is 17.4 Å². The highest BCUT2D eigenvalue weighted by molar-refractivity contribution is 6.31. The molecule has 0 aliphatic rings. The van der Waals surface area contributed by atoms with Crippen LogP contribution in [-0.4, -0.2) is 17.1 Å². The van der Waals surface area contributed by atoms with Gasteiger partial charge in [0.2, 0.25) is 5.88 Å². The molecule has 6 nitrogen and oxygen atoms in total. The Morgan fingerprint density at radius 2 is 1.80 bits per heavy atom. The molecule has 0 atom stereocenters. The molecule has 3 rings (SSSR count). The van der Waals surface area contributed by atoms with E-state index in [0.29, 0.717) is 23.0 Å². The van der Waals surface area contributed by atoms with E-state index in [9.17, 15) is 4.39 Å². The van der Waals surface area contributed by atoms with Crippen LogP contribution in [0.25, 0.3) is 0 Å². The zero-order valence-electron chi connectivity index (χ0n) is 13.2. The molecule has 0 bridgehead atoms. The van der Waals surface area contributed by atoms with Gasteiger partial charge in [-0.1, -0.05) is 11.6 Å². The van der Waals surface area contributed by atoms with Gasteiger partial charge >= 0.3 is 0 Å². The van der Waals surface area contributed by atoms with Crippen LogP contribution in [0.1, 0.15) is 0 Å². The molecule has 0 amide bonds. The Labute approximate surface area is 148 Å². The molecule has 3 aromatic rings. The van der Waals surface area contributed by atoms with E-state index in [1.54, 1.807) is 31.4 Å². The smallest absolute Gasteiger partial charge is 0.248 e. The van der Waals surface area contributed by atoms with Gasteiger partial charge in [0.25, 0.3) is 0 Å². The molecule has 2 aromatic carbocycles. The average Bonchev–Trinajstić information content (AvgIpc) is 2.62. The van der Waals surface area contributed by atoms with E-state index in [-0.39, 0.29) is 16.6 Å². The van der Waals surface area contributed by atoms with E-state index in [1.165, 1.54) is 24.5 Å². The molecular formula is C17H14ClFN4O2. The van der Waals surface area contributed by atoms with Gasteiger partial charge in [-0.15, -0.1) is 0 Å². The molecule has 1 heterocycles. The minimum Gasteiger partial charge on any atom is -0.497 e. The Morgan fingerprint density at radius 1 is 1.08 bits per heavy atom. The number of aromatic nitrogens is 2. The lowest BCUT2D eigenvalue weighted by molar-refractivity contribution is 0.412. The molecule has 0 fully saturated rings. The zero-order valence-corrected chi connectivity index (χ0v) is 13.9. The molecule has 0 spiro atoms. The maximum Gasteiger partial charge on any atom is 0.248 e. The third-order valence-corrected chi connectivity index (χ3v) is 3.59. The lowest BCUT2D eigenvalue weighted by Crippen LogP contribution is -2.03. The Morgan fingerprint density at radius 3 is 2.48 bits per heavy atom. The van der Waals surface area contributed by atoms with E-state index >= 15 is 0 Å². The van der Waals surface area contributed by atoms with E-state index in [2.05, 4.69) is 15.3 Å². The fraction of sp³-hybridized carbons (Fsp3) is 0.0588. The summed E-state index contributed by atoms with van der Waals surface area (Å²) >= 11 is 5.77. The van der Waals surface area contributed by atoms with Crippen LogP contribution in [0.2, 0.25) is 5.02 Å². The van der Waals surface area contributed by atoms with Crippen molar-refractivity contribution < 1.29 is 13.9 Å². The first-order chi connectivity index (χ1) is 12.1. The lowest BCUT2D eigenvalue weighted by atomic mass is 10.3. The molecule has 0 unspecified atom stereocenters. The number of anilines is 3. The van der Waals surface area contributed by atoms with Gasteiger partial charge in [-0.2, -0.15) is 4.98 Å². The first-order valence-electron chi connectivity index (χ1n) is 7.21. The van der Waals surface area contributed by atoms with E-state index in [0.717, 1.165) is 0 Å². The Kier molecular flexibility index (Phi) is 4.85. The normalized spacial score (nSPS) is 10.4. The van der Waals surface area contributed by atoms with Gasteiger partial charge in [0, 0.05) is 5.69 Å². The van der Waals surface area contributed by atoms with Crippen LogP contribution in [0.15, 0.2) is 48.8 Å². The summed E-state index contributed by atoms with van der Waals surface area (Å²) in [6.45, 7) is 0. The van der Waals surface area contributed by atoms with Crippen molar-refractivity contribution in [3.05, 3.63) is 59.6 Å². The van der Waals surface area contributed by atoms with Crippen LogP contribution in [0.5, 0.6) is 17.4 Å². The van der Waals surface area contributed by atoms with Gasteiger partial charge in [-0.05, 0) is 42.5 Å². The predicted molar refractivity (Wildman–Crippen MR) is 94.2 cm³/mol. The monoisotopic (exact) mass is 360 g/mol. The fourth-order valence-corrected chi connectivity index (χ4v) is 2.21. The SMILES string of the molecule is COc1ccc(Oc2ncnc(Nc3ccc(F)c(Cl)c3)c2N)cc1. The molecule has 128 valence electrons. The van der Waals surface area contributed by atoms with Gasteiger partial charge < -0.3 is 20.5 Å². The maximum absolute atomic E-state index is 13.2. The van der Waals surface area contributed by atoms with Crippen molar-refractivity contribution in [1.82, 2.24) is 9.97 Å². The van der Waals surface area contributed by atoms with E-state index in [1.807, 2.05) is 0 Å². The number of nitrogen functional groups attached to an aromatic ring is 1. The van der Waals surface area contributed by atoms with Crippen LogP contribution in [0, 0.1) is 5.82 Å². The second-order valence-corrected chi connectivity index (χ2v) is 5.38. The molecule has 0 saturated carbocycles. The highest BCUT2D eigenvalue weighted by atomic mass is 35.5. The first kappa shape index (κ1) is 16.8. The molecule has 0 aliphatic heterocycles. The Hall–Kier alpha value is -3.06. The maximum atomic E-state index is 13.2. The molecule has 25 heavy (non-hydrogen) atoms. The number of halogens is 2. The Bertz CT molecular complexity index is 890. The van der Waals surface area contributed by atoms with Gasteiger partial charge in [0.15, 0.2) is 5.82 Å². The number of nitrogens with zero attached hydrogens (tertiary/aromatic N) is 2. The second-order valence-electron chi connectivity index (χ2n) is 4.97. The van der Waals surface area contributed by atoms with Crippen molar-refractivity contribution in [3.63, 3.8) is 0 Å². The quantitative estimate of drug-likeness (QED) is 0.702. The summed E-state index contributed by atoms with van der Waals surface area (Å²) in [6.07, 6.45) is 1.31. The number of hydrogen-bond acceptors (Lipinski definition) is 6. The Balaban J connectivity index is 1.82. The predicted octanol–water partition coefficient (Wildman–Crippen LogP) is 4.40. The lowest BCUT2D eigenvalue weighted by Gasteiger charge is -2.12. The summed E-state index contributed by atoms with van der Waals surface area (Å²) < 4.78 is 24.0. The second kappa shape index (κ2) is 7.23. The number of benzene rings is 2. The number of hydrogen-bond donors (Lipinski definition) is 2. The summed E-state index contributed by atoms with van der Waals surface area (Å²) in [6, 6.07) is 11.2. The van der Waals surface area contributed by atoms with Crippen molar-refractivity contribution in [2.24, 2.45) is 0 Å². The minimum absolute atomic E-state index is 0.00710. The molecule has 0 aliphatic carbocycles. The number of nitrogens with one attached hydrogen (secondary N) is 1. The molecule has 0 saturated heterocycles. The van der Waals surface area contributed by atoms with Crippen LogP contribution >= 0.6 is 11.6 Å². The minimum atomic E-state index is -0.508. The largest absolute Gasteiger partial charge is 0.497 e. The molecule has 0 radical (unpaired) electrons. The molecule has 3 N–H and O–H groups in total. The van der Waals surface area contributed by atoms with Crippen molar-refractivity contribution in [1.29, 1.82) is 0 Å². The average molecular weight is 361 g/mol. The molecular weight excluding hydrogens is 347 g/mol. The molecule has 8 heteroatoms. The third kappa shape index (κ3) is 3.89. The van der Waals surface area contributed by atoms with Gasteiger partial charge in [-0.25, -0.2) is 9.37 Å². The summed E-state index contributed by atoms with van der Waals surface area (Å²) in [4.78, 5) is 8.11. The topological polar surface area (TPSA) is 82.3 Å². The third-order valence-electron chi connectivity index (χ3n) is 3.30. The van der Waals surface area contributed by atoms with Crippen LogP contribution in [0.3, 0.4) is 0 Å². The molecule has 1 aromatic heterocycles. The number of rotatable bonds is 5. The summed E-state index contributed by atoms with van der Waals surface area (Å²) in [7, 11) is 1.58. The van der Waals surface area contributed by atoms with Crippen molar-refractivity contribution in [2.75, 3.05) is 18.2 Å². The van der Waals surface area contributed by atoms with Gasteiger partial charge in [0.05, 0.1) is 12.1 Å². The van der Waals surface area contributed by atoms with Gasteiger partial charge in [0.1, 0.15) is 29.3 Å². The standard InChI is InChI=1S/C17H14ClFN4O2/c1-24-11-3-5-12(6-4-11)25-17-15(20)16(21-9-22-17)23-10-2-7-14(19)13(18)8-10/h2-9H,20H2,1H3,(H,21,22,23). The highest BCUT2D eigenvalue weighted by Gasteiger charge is 2.11. The van der Waals surface area contributed by atoms with Gasteiger partial charge in [-0.3, -0.25) is 0 Å². The summed E-state index contributed by atoms with van der Waals surface area (Å²) in [5.74, 6) is 1.25. The number of methoxy groups -OCH3 is 1. The highest BCUT2D eigenvalue weighted by Crippen LogP contribution is 2.32. The summed E-state index contributed by atoms with van der Waals surface area (Å²) in [5, 5.41) is 2.95. The van der Waals surface area contributed by atoms with Crippen LogP contribution < -0.4 is 20.5 Å². The van der Waals surface area contributed by atoms with Crippen molar-refractivity contribution >= 4 is 28.8 Å². The van der Waals surface area contributed by atoms with Crippen molar-refractivity contribution in [2.45, 2.75) is 0 Å². The number of ether oxygens (including phenoxy) is 2. The van der Waals surface area contributed by atoms with Crippen LogP contribution in [0.4, 0.5) is 21.6 Å². The number of nitrogens with two attached hydrogens (primary N) is 1. The van der Waals surface area contributed by atoms with E-state index < -0.39 is 5.82 Å². The first-order valence-corrected chi connectivity index (χ1v) is 7.59. The summed E-state index contributed by atoms with van der Waals surface area (Å²) in [5.41, 5.74) is 6.80.